The van der Waals surface area contributed by atoms with Gasteiger partial charge in [0, 0.05) is 13.2 Å². The second kappa shape index (κ2) is 15.0. The molecule has 0 aliphatic carbocycles. The molecule has 0 aliphatic heterocycles. The average Bonchev–Trinajstić information content (AvgIpc) is 2.38. The Balaban J connectivity index is 3.02. The van der Waals surface area contributed by atoms with Gasteiger partial charge in [-0.25, -0.2) is 0 Å². The van der Waals surface area contributed by atoms with Crippen molar-refractivity contribution in [1.29, 1.82) is 0 Å². The van der Waals surface area contributed by atoms with Gasteiger partial charge in [-0.3, -0.25) is 0 Å². The predicted octanol–water partition coefficient (Wildman–Crippen LogP) is 4.96. The molecule has 0 aromatic heterocycles. The molecule has 0 aromatic carbocycles. The lowest BCUT2D eigenvalue weighted by Gasteiger charge is -2.12. The Kier molecular flexibility index (Phi) is 14.9. The minimum Gasteiger partial charge on any atom is -0.379 e. The van der Waals surface area contributed by atoms with Gasteiger partial charge in [0.05, 0.1) is 12.7 Å². The fourth-order valence-corrected chi connectivity index (χ4v) is 1.95. The smallest absolute Gasteiger partial charge is 0.0780 e. The molecule has 0 N–H and O–H groups in total. The molecule has 2 heteroatoms. The summed E-state index contributed by atoms with van der Waals surface area (Å²) in [5.74, 6) is 0. The topological polar surface area (TPSA) is 18.5 Å². The van der Waals surface area contributed by atoms with Crippen LogP contribution in [0.4, 0.5) is 0 Å². The van der Waals surface area contributed by atoms with E-state index in [0.717, 1.165) is 26.2 Å². The first-order valence-electron chi connectivity index (χ1n) is 8.00. The first-order valence-corrected chi connectivity index (χ1v) is 8.00. The van der Waals surface area contributed by atoms with E-state index in [-0.39, 0.29) is 6.10 Å². The molecule has 0 aromatic rings. The number of hydrogen-bond acceptors (Lipinski definition) is 2. The summed E-state index contributed by atoms with van der Waals surface area (Å²) in [6, 6.07) is 0. The lowest BCUT2D eigenvalue weighted by Crippen LogP contribution is -2.16. The Morgan fingerprint density at radius 1 is 0.722 bits per heavy atom. The molecule has 1 unspecified atom stereocenters. The Morgan fingerprint density at radius 2 is 1.33 bits per heavy atom. The summed E-state index contributed by atoms with van der Waals surface area (Å²) < 4.78 is 11.2. The van der Waals surface area contributed by atoms with E-state index in [1.165, 1.54) is 51.4 Å². The van der Waals surface area contributed by atoms with Crippen LogP contribution in [0.15, 0.2) is 0 Å². The normalized spacial score (nSPS) is 12.8. The van der Waals surface area contributed by atoms with Crippen molar-refractivity contribution in [2.45, 2.75) is 84.7 Å². The van der Waals surface area contributed by atoms with Crippen molar-refractivity contribution < 1.29 is 9.47 Å². The van der Waals surface area contributed by atoms with Gasteiger partial charge in [0.15, 0.2) is 0 Å². The van der Waals surface area contributed by atoms with E-state index >= 15 is 0 Å². The molecule has 110 valence electrons. The molecule has 0 saturated carbocycles. The molecular weight excluding hydrogens is 224 g/mol. The van der Waals surface area contributed by atoms with E-state index < -0.39 is 0 Å². The van der Waals surface area contributed by atoms with Gasteiger partial charge in [-0.15, -0.1) is 0 Å². The first-order chi connectivity index (χ1) is 8.81. The molecule has 0 rings (SSSR count). The second-order valence-electron chi connectivity index (χ2n) is 5.23. The number of rotatable bonds is 14. The van der Waals surface area contributed by atoms with Crippen molar-refractivity contribution in [1.82, 2.24) is 0 Å². The third-order valence-electron chi connectivity index (χ3n) is 3.10. The fourth-order valence-electron chi connectivity index (χ4n) is 1.95. The van der Waals surface area contributed by atoms with Gasteiger partial charge in [0.1, 0.15) is 0 Å². The molecular formula is C16H34O2. The number of ether oxygens (including phenoxy) is 2. The van der Waals surface area contributed by atoms with E-state index in [4.69, 9.17) is 9.47 Å². The zero-order valence-electron chi connectivity index (χ0n) is 12.9. The van der Waals surface area contributed by atoms with Crippen molar-refractivity contribution in [3.63, 3.8) is 0 Å². The highest BCUT2D eigenvalue weighted by Crippen LogP contribution is 2.08. The molecule has 0 radical (unpaired) electrons. The van der Waals surface area contributed by atoms with Crippen LogP contribution in [0, 0.1) is 0 Å². The SMILES string of the molecule is CCCCCCCCCCOCC(C)OCCC. The Morgan fingerprint density at radius 3 is 1.94 bits per heavy atom. The highest BCUT2D eigenvalue weighted by molar-refractivity contribution is 4.49. The Bertz CT molecular complexity index is 148. The molecule has 0 amide bonds. The van der Waals surface area contributed by atoms with Gasteiger partial charge in [0.2, 0.25) is 0 Å². The van der Waals surface area contributed by atoms with Gasteiger partial charge in [-0.05, 0) is 19.8 Å². The van der Waals surface area contributed by atoms with Gasteiger partial charge in [0.25, 0.3) is 0 Å². The summed E-state index contributed by atoms with van der Waals surface area (Å²) in [5, 5.41) is 0. The summed E-state index contributed by atoms with van der Waals surface area (Å²) in [7, 11) is 0. The van der Waals surface area contributed by atoms with Crippen LogP contribution in [0.2, 0.25) is 0 Å². The van der Waals surface area contributed by atoms with Crippen LogP contribution in [0.25, 0.3) is 0 Å². The Labute approximate surface area is 114 Å². The fraction of sp³-hybridized carbons (Fsp3) is 1.00. The third-order valence-corrected chi connectivity index (χ3v) is 3.10. The lowest BCUT2D eigenvalue weighted by molar-refractivity contribution is -0.00715. The minimum absolute atomic E-state index is 0.249. The number of unbranched alkanes of at least 4 members (excludes halogenated alkanes) is 7. The van der Waals surface area contributed by atoms with Crippen LogP contribution < -0.4 is 0 Å². The van der Waals surface area contributed by atoms with Gasteiger partial charge in [-0.1, -0.05) is 58.8 Å². The second-order valence-corrected chi connectivity index (χ2v) is 5.23. The molecule has 1 atom stereocenters. The van der Waals surface area contributed by atoms with Crippen molar-refractivity contribution in [3.8, 4) is 0 Å². The zero-order chi connectivity index (χ0) is 13.5. The van der Waals surface area contributed by atoms with Gasteiger partial charge < -0.3 is 9.47 Å². The largest absolute Gasteiger partial charge is 0.379 e. The maximum absolute atomic E-state index is 5.61. The van der Waals surface area contributed by atoms with E-state index in [1.54, 1.807) is 0 Å². The molecule has 0 aliphatic rings. The molecule has 18 heavy (non-hydrogen) atoms. The van der Waals surface area contributed by atoms with Gasteiger partial charge >= 0.3 is 0 Å². The molecule has 0 heterocycles. The Hall–Kier alpha value is -0.0800. The quantitative estimate of drug-likeness (QED) is 0.410. The predicted molar refractivity (Wildman–Crippen MR) is 79.1 cm³/mol. The van der Waals surface area contributed by atoms with Crippen LogP contribution >= 0.6 is 0 Å². The summed E-state index contributed by atoms with van der Waals surface area (Å²) in [5.41, 5.74) is 0. The van der Waals surface area contributed by atoms with Crippen molar-refractivity contribution >= 4 is 0 Å². The summed E-state index contributed by atoms with van der Waals surface area (Å²) in [4.78, 5) is 0. The minimum atomic E-state index is 0.249. The summed E-state index contributed by atoms with van der Waals surface area (Å²) in [6.07, 6.45) is 12.2. The maximum Gasteiger partial charge on any atom is 0.0780 e. The van der Waals surface area contributed by atoms with Crippen molar-refractivity contribution in [2.75, 3.05) is 19.8 Å². The molecule has 0 spiro atoms. The van der Waals surface area contributed by atoms with Crippen LogP contribution in [0.3, 0.4) is 0 Å². The molecule has 2 nitrogen and oxygen atoms in total. The van der Waals surface area contributed by atoms with Gasteiger partial charge in [-0.2, -0.15) is 0 Å². The number of hydrogen-bond donors (Lipinski definition) is 0. The van der Waals surface area contributed by atoms with E-state index in [2.05, 4.69) is 20.8 Å². The maximum atomic E-state index is 5.61. The van der Waals surface area contributed by atoms with Crippen LogP contribution in [0.1, 0.15) is 78.6 Å². The molecule has 0 saturated heterocycles. The van der Waals surface area contributed by atoms with Crippen LogP contribution in [0.5, 0.6) is 0 Å². The average molecular weight is 258 g/mol. The van der Waals surface area contributed by atoms with E-state index in [9.17, 15) is 0 Å². The standard InChI is InChI=1S/C16H34O2/c1-4-6-7-8-9-10-11-12-14-17-15-16(3)18-13-5-2/h16H,4-15H2,1-3H3. The van der Waals surface area contributed by atoms with E-state index in [1.807, 2.05) is 0 Å². The highest BCUT2D eigenvalue weighted by Gasteiger charge is 2.00. The van der Waals surface area contributed by atoms with Crippen LogP contribution in [-0.4, -0.2) is 25.9 Å². The summed E-state index contributed by atoms with van der Waals surface area (Å²) >= 11 is 0. The van der Waals surface area contributed by atoms with Crippen molar-refractivity contribution in [2.24, 2.45) is 0 Å². The first kappa shape index (κ1) is 17.9. The lowest BCUT2D eigenvalue weighted by atomic mass is 10.1. The zero-order valence-corrected chi connectivity index (χ0v) is 12.9. The highest BCUT2D eigenvalue weighted by atomic mass is 16.5. The molecule has 0 fully saturated rings. The van der Waals surface area contributed by atoms with Crippen LogP contribution in [-0.2, 0) is 9.47 Å². The van der Waals surface area contributed by atoms with E-state index in [0.29, 0.717) is 0 Å². The monoisotopic (exact) mass is 258 g/mol. The molecule has 0 bridgehead atoms. The van der Waals surface area contributed by atoms with Crippen molar-refractivity contribution in [3.05, 3.63) is 0 Å². The summed E-state index contributed by atoms with van der Waals surface area (Å²) in [6.45, 7) is 8.98. The third kappa shape index (κ3) is 14.0.